The first-order valence-electron chi connectivity index (χ1n) is 9.91. The lowest BCUT2D eigenvalue weighted by Gasteiger charge is -2.34. The summed E-state index contributed by atoms with van der Waals surface area (Å²) >= 11 is 0. The molecule has 1 aliphatic heterocycles. The van der Waals surface area contributed by atoms with Crippen LogP contribution in [-0.2, 0) is 10.2 Å². The summed E-state index contributed by atoms with van der Waals surface area (Å²) in [5.74, 6) is 1.03. The van der Waals surface area contributed by atoms with E-state index in [9.17, 15) is 9.59 Å². The van der Waals surface area contributed by atoms with Crippen molar-refractivity contribution < 1.29 is 9.59 Å². The number of aryl methyl sites for hydroxylation is 1. The molecule has 7 nitrogen and oxygen atoms in total. The molecular formula is C22H29N5O2. The molecule has 2 heterocycles. The lowest BCUT2D eigenvalue weighted by molar-refractivity contribution is -0.130. The summed E-state index contributed by atoms with van der Waals surface area (Å²) in [6.07, 6.45) is 0. The Labute approximate surface area is 172 Å². The number of anilines is 2. The van der Waals surface area contributed by atoms with E-state index in [-0.39, 0.29) is 17.2 Å². The van der Waals surface area contributed by atoms with E-state index in [2.05, 4.69) is 48.2 Å². The van der Waals surface area contributed by atoms with E-state index in [0.717, 1.165) is 5.69 Å². The Morgan fingerprint density at radius 3 is 2.10 bits per heavy atom. The SMILES string of the molecule is CC(=O)N1CCN(C(=O)c2cc(Nc3ccc(C(C)(C)C)cc3)nc(C)n2)CC1. The highest BCUT2D eigenvalue weighted by atomic mass is 16.2. The van der Waals surface area contributed by atoms with Crippen LogP contribution >= 0.6 is 0 Å². The molecule has 1 saturated heterocycles. The first kappa shape index (κ1) is 20.8. The van der Waals surface area contributed by atoms with Crippen LogP contribution < -0.4 is 5.32 Å². The number of carbonyl (C=O) groups is 2. The summed E-state index contributed by atoms with van der Waals surface area (Å²) in [6.45, 7) is 12.0. The van der Waals surface area contributed by atoms with Gasteiger partial charge in [0, 0.05) is 44.9 Å². The third-order valence-corrected chi connectivity index (χ3v) is 5.09. The molecule has 154 valence electrons. The zero-order chi connectivity index (χ0) is 21.2. The predicted octanol–water partition coefficient (Wildman–Crippen LogP) is 3.13. The Bertz CT molecular complexity index is 894. The Morgan fingerprint density at radius 2 is 1.55 bits per heavy atom. The molecule has 2 aromatic rings. The fraction of sp³-hybridized carbons (Fsp3) is 0.455. The number of hydrogen-bond acceptors (Lipinski definition) is 5. The van der Waals surface area contributed by atoms with Crippen molar-refractivity contribution in [2.24, 2.45) is 0 Å². The maximum Gasteiger partial charge on any atom is 0.272 e. The summed E-state index contributed by atoms with van der Waals surface area (Å²) in [7, 11) is 0. The van der Waals surface area contributed by atoms with Gasteiger partial charge in [-0.2, -0.15) is 0 Å². The maximum absolute atomic E-state index is 12.9. The van der Waals surface area contributed by atoms with E-state index < -0.39 is 0 Å². The first-order chi connectivity index (χ1) is 13.6. The van der Waals surface area contributed by atoms with E-state index in [0.29, 0.717) is 43.5 Å². The van der Waals surface area contributed by atoms with Crippen molar-refractivity contribution in [3.63, 3.8) is 0 Å². The zero-order valence-electron chi connectivity index (χ0n) is 17.8. The minimum absolute atomic E-state index is 0.0407. The molecule has 7 heteroatoms. The molecule has 2 amide bonds. The minimum Gasteiger partial charge on any atom is -0.340 e. The molecule has 0 aliphatic carbocycles. The Hall–Kier alpha value is -2.96. The Balaban J connectivity index is 1.73. The van der Waals surface area contributed by atoms with Gasteiger partial charge in [0.05, 0.1) is 0 Å². The standard InChI is InChI=1S/C22H29N5O2/c1-15-23-19(21(29)27-12-10-26(11-13-27)16(2)28)14-20(24-15)25-18-8-6-17(7-9-18)22(3,4)5/h6-9,14H,10-13H2,1-5H3,(H,23,24,25). The highest BCUT2D eigenvalue weighted by Gasteiger charge is 2.24. The summed E-state index contributed by atoms with van der Waals surface area (Å²) in [5.41, 5.74) is 2.62. The summed E-state index contributed by atoms with van der Waals surface area (Å²) in [5, 5.41) is 3.27. The maximum atomic E-state index is 12.9. The molecule has 3 rings (SSSR count). The molecule has 0 spiro atoms. The van der Waals surface area contributed by atoms with E-state index in [1.54, 1.807) is 29.7 Å². The van der Waals surface area contributed by atoms with Crippen molar-refractivity contribution in [2.45, 2.75) is 40.0 Å². The van der Waals surface area contributed by atoms with Crippen LogP contribution in [0.2, 0.25) is 0 Å². The van der Waals surface area contributed by atoms with Gasteiger partial charge in [-0.1, -0.05) is 32.9 Å². The number of carbonyl (C=O) groups excluding carboxylic acids is 2. The average Bonchev–Trinajstić information content (AvgIpc) is 2.66. The van der Waals surface area contributed by atoms with Crippen LogP contribution in [0.3, 0.4) is 0 Å². The summed E-state index contributed by atoms with van der Waals surface area (Å²) < 4.78 is 0. The molecule has 29 heavy (non-hydrogen) atoms. The molecule has 0 atom stereocenters. The average molecular weight is 396 g/mol. The molecule has 1 aliphatic rings. The van der Waals surface area contributed by atoms with Crippen molar-refractivity contribution in [3.8, 4) is 0 Å². The van der Waals surface area contributed by atoms with Gasteiger partial charge < -0.3 is 15.1 Å². The van der Waals surface area contributed by atoms with Crippen LogP contribution in [0, 0.1) is 6.92 Å². The number of amides is 2. The highest BCUT2D eigenvalue weighted by Crippen LogP contribution is 2.24. The van der Waals surface area contributed by atoms with E-state index in [1.807, 2.05) is 12.1 Å². The van der Waals surface area contributed by atoms with Gasteiger partial charge >= 0.3 is 0 Å². The molecule has 0 radical (unpaired) electrons. The molecule has 1 N–H and O–H groups in total. The molecule has 1 aromatic carbocycles. The van der Waals surface area contributed by atoms with Crippen molar-refractivity contribution in [2.75, 3.05) is 31.5 Å². The second-order valence-corrected chi connectivity index (χ2v) is 8.44. The fourth-order valence-corrected chi connectivity index (χ4v) is 3.33. The lowest BCUT2D eigenvalue weighted by atomic mass is 9.87. The van der Waals surface area contributed by atoms with Crippen LogP contribution in [0.1, 0.15) is 49.6 Å². The van der Waals surface area contributed by atoms with Gasteiger partial charge in [-0.3, -0.25) is 9.59 Å². The van der Waals surface area contributed by atoms with Crippen molar-refractivity contribution in [1.29, 1.82) is 0 Å². The van der Waals surface area contributed by atoms with Crippen molar-refractivity contribution in [1.82, 2.24) is 19.8 Å². The molecule has 1 fully saturated rings. The number of piperazine rings is 1. The fourth-order valence-electron chi connectivity index (χ4n) is 3.33. The monoisotopic (exact) mass is 395 g/mol. The third-order valence-electron chi connectivity index (χ3n) is 5.09. The Kier molecular flexibility index (Phi) is 5.86. The molecule has 0 unspecified atom stereocenters. The van der Waals surface area contributed by atoms with Gasteiger partial charge in [0.1, 0.15) is 17.3 Å². The molecule has 0 saturated carbocycles. The van der Waals surface area contributed by atoms with Gasteiger partial charge in [0.15, 0.2) is 0 Å². The van der Waals surface area contributed by atoms with Crippen molar-refractivity contribution in [3.05, 3.63) is 47.4 Å². The van der Waals surface area contributed by atoms with Crippen LogP contribution in [-0.4, -0.2) is 57.8 Å². The second kappa shape index (κ2) is 8.19. The second-order valence-electron chi connectivity index (χ2n) is 8.44. The van der Waals surface area contributed by atoms with Crippen LogP contribution in [0.25, 0.3) is 0 Å². The normalized spacial score (nSPS) is 14.7. The van der Waals surface area contributed by atoms with Gasteiger partial charge in [-0.25, -0.2) is 9.97 Å². The number of nitrogens with one attached hydrogen (secondary N) is 1. The molecule has 0 bridgehead atoms. The van der Waals surface area contributed by atoms with Gasteiger partial charge in [0.25, 0.3) is 5.91 Å². The van der Waals surface area contributed by atoms with Gasteiger partial charge in [0.2, 0.25) is 5.91 Å². The molecule has 1 aromatic heterocycles. The van der Waals surface area contributed by atoms with E-state index in [4.69, 9.17) is 0 Å². The topological polar surface area (TPSA) is 78.4 Å². The summed E-state index contributed by atoms with van der Waals surface area (Å²) in [4.78, 5) is 36.6. The van der Waals surface area contributed by atoms with Gasteiger partial charge in [-0.05, 0) is 30.0 Å². The van der Waals surface area contributed by atoms with Crippen LogP contribution in [0.5, 0.6) is 0 Å². The quantitative estimate of drug-likeness (QED) is 0.864. The largest absolute Gasteiger partial charge is 0.340 e. The smallest absolute Gasteiger partial charge is 0.272 e. The lowest BCUT2D eigenvalue weighted by Crippen LogP contribution is -2.50. The number of benzene rings is 1. The number of hydrogen-bond donors (Lipinski definition) is 1. The molecular weight excluding hydrogens is 366 g/mol. The zero-order valence-corrected chi connectivity index (χ0v) is 17.8. The van der Waals surface area contributed by atoms with Crippen LogP contribution in [0.4, 0.5) is 11.5 Å². The van der Waals surface area contributed by atoms with Crippen molar-refractivity contribution >= 4 is 23.3 Å². The predicted molar refractivity (Wildman–Crippen MR) is 113 cm³/mol. The minimum atomic E-state index is -0.134. The number of rotatable bonds is 3. The van der Waals surface area contributed by atoms with Gasteiger partial charge in [-0.15, -0.1) is 0 Å². The first-order valence-corrected chi connectivity index (χ1v) is 9.91. The van der Waals surface area contributed by atoms with Crippen LogP contribution in [0.15, 0.2) is 30.3 Å². The number of nitrogens with zero attached hydrogens (tertiary/aromatic N) is 4. The third kappa shape index (κ3) is 5.10. The van der Waals surface area contributed by atoms with E-state index >= 15 is 0 Å². The Morgan fingerprint density at radius 1 is 0.966 bits per heavy atom. The highest BCUT2D eigenvalue weighted by molar-refractivity contribution is 5.93. The summed E-state index contributed by atoms with van der Waals surface area (Å²) in [6, 6.07) is 9.90. The number of aromatic nitrogens is 2. The van der Waals surface area contributed by atoms with E-state index in [1.165, 1.54) is 5.56 Å².